The summed E-state index contributed by atoms with van der Waals surface area (Å²) in [4.78, 5) is 0. The molecule has 1 unspecified atom stereocenters. The molecule has 0 bridgehead atoms. The van der Waals surface area contributed by atoms with Crippen LogP contribution >= 0.6 is 0 Å². The SMILES string of the molecule is CCOCC(O)COc1cc(F)cc(CNC2CC2)c1. The van der Waals surface area contributed by atoms with Gasteiger partial charge in [-0.15, -0.1) is 0 Å². The highest BCUT2D eigenvalue weighted by Gasteiger charge is 2.20. The lowest BCUT2D eigenvalue weighted by Gasteiger charge is -2.13. The second kappa shape index (κ2) is 7.57. The van der Waals surface area contributed by atoms with Crippen LogP contribution in [0.5, 0.6) is 5.75 Å². The van der Waals surface area contributed by atoms with Crippen LogP contribution in [-0.2, 0) is 11.3 Å². The standard InChI is InChI=1S/C15H22FNO3/c1-2-19-9-14(18)10-20-15-6-11(5-12(16)7-15)8-17-13-3-4-13/h5-7,13-14,17-18H,2-4,8-10H2,1H3. The second-order valence-corrected chi connectivity index (χ2v) is 5.07. The zero-order valence-electron chi connectivity index (χ0n) is 11.8. The molecule has 1 fully saturated rings. The fourth-order valence-corrected chi connectivity index (χ4v) is 1.85. The first-order chi connectivity index (χ1) is 9.67. The highest BCUT2D eigenvalue weighted by Crippen LogP contribution is 2.21. The number of rotatable bonds is 9. The number of hydrogen-bond donors (Lipinski definition) is 2. The molecule has 1 saturated carbocycles. The Kier molecular flexibility index (Phi) is 5.76. The summed E-state index contributed by atoms with van der Waals surface area (Å²) in [5.41, 5.74) is 0.853. The van der Waals surface area contributed by atoms with E-state index in [1.165, 1.54) is 25.0 Å². The van der Waals surface area contributed by atoms with Gasteiger partial charge in [0.1, 0.15) is 24.3 Å². The Morgan fingerprint density at radius 1 is 1.35 bits per heavy atom. The van der Waals surface area contributed by atoms with Gasteiger partial charge in [-0.1, -0.05) is 0 Å². The first-order valence-electron chi connectivity index (χ1n) is 7.09. The summed E-state index contributed by atoms with van der Waals surface area (Å²) in [5, 5.41) is 12.9. The summed E-state index contributed by atoms with van der Waals surface area (Å²) in [6.45, 7) is 3.37. The average molecular weight is 283 g/mol. The van der Waals surface area contributed by atoms with Crippen LogP contribution in [0.3, 0.4) is 0 Å². The van der Waals surface area contributed by atoms with E-state index in [0.29, 0.717) is 24.9 Å². The Hall–Kier alpha value is -1.17. The van der Waals surface area contributed by atoms with E-state index in [2.05, 4.69) is 5.32 Å². The first-order valence-corrected chi connectivity index (χ1v) is 7.09. The molecule has 1 aromatic rings. The number of aliphatic hydroxyl groups is 1. The van der Waals surface area contributed by atoms with Crippen molar-refractivity contribution in [3.05, 3.63) is 29.6 Å². The van der Waals surface area contributed by atoms with Gasteiger partial charge in [0.25, 0.3) is 0 Å². The summed E-state index contributed by atoms with van der Waals surface area (Å²) < 4.78 is 24.0. The number of aliphatic hydroxyl groups excluding tert-OH is 1. The average Bonchev–Trinajstić information content (AvgIpc) is 3.24. The molecule has 1 aliphatic carbocycles. The van der Waals surface area contributed by atoms with Crippen molar-refractivity contribution < 1.29 is 19.0 Å². The van der Waals surface area contributed by atoms with E-state index in [4.69, 9.17) is 9.47 Å². The molecular weight excluding hydrogens is 261 g/mol. The number of benzene rings is 1. The van der Waals surface area contributed by atoms with Crippen LogP contribution in [0.4, 0.5) is 4.39 Å². The summed E-state index contributed by atoms with van der Waals surface area (Å²) in [7, 11) is 0. The van der Waals surface area contributed by atoms with Crippen LogP contribution in [0, 0.1) is 5.82 Å². The molecule has 1 atom stereocenters. The third-order valence-corrected chi connectivity index (χ3v) is 3.06. The molecule has 4 nitrogen and oxygen atoms in total. The molecule has 1 aromatic carbocycles. The molecule has 0 amide bonds. The van der Waals surface area contributed by atoms with E-state index in [1.807, 2.05) is 6.92 Å². The van der Waals surface area contributed by atoms with Crippen LogP contribution < -0.4 is 10.1 Å². The minimum atomic E-state index is -0.703. The molecule has 2 N–H and O–H groups in total. The Labute approximate surface area is 118 Å². The molecule has 0 saturated heterocycles. The van der Waals surface area contributed by atoms with E-state index in [0.717, 1.165) is 5.56 Å². The molecule has 0 aliphatic heterocycles. The minimum Gasteiger partial charge on any atom is -0.491 e. The van der Waals surface area contributed by atoms with Gasteiger partial charge in [-0.2, -0.15) is 0 Å². The number of hydrogen-bond acceptors (Lipinski definition) is 4. The molecule has 0 radical (unpaired) electrons. The third-order valence-electron chi connectivity index (χ3n) is 3.06. The molecule has 112 valence electrons. The van der Waals surface area contributed by atoms with Crippen molar-refractivity contribution in [2.75, 3.05) is 19.8 Å². The fraction of sp³-hybridized carbons (Fsp3) is 0.600. The molecule has 0 heterocycles. The topological polar surface area (TPSA) is 50.7 Å². The van der Waals surface area contributed by atoms with Crippen molar-refractivity contribution in [3.8, 4) is 5.75 Å². The van der Waals surface area contributed by atoms with E-state index in [1.54, 1.807) is 6.07 Å². The van der Waals surface area contributed by atoms with Crippen LogP contribution in [0.2, 0.25) is 0 Å². The van der Waals surface area contributed by atoms with Gasteiger partial charge in [-0.25, -0.2) is 4.39 Å². The van der Waals surface area contributed by atoms with Gasteiger partial charge in [0.2, 0.25) is 0 Å². The smallest absolute Gasteiger partial charge is 0.127 e. The van der Waals surface area contributed by atoms with E-state index in [-0.39, 0.29) is 19.0 Å². The van der Waals surface area contributed by atoms with Crippen LogP contribution in [0.1, 0.15) is 25.3 Å². The maximum atomic E-state index is 13.5. The summed E-state index contributed by atoms with van der Waals surface area (Å²) in [5.74, 6) is 0.113. The van der Waals surface area contributed by atoms with E-state index >= 15 is 0 Å². The van der Waals surface area contributed by atoms with Gasteiger partial charge in [0.05, 0.1) is 6.61 Å². The van der Waals surface area contributed by atoms with Crippen molar-refractivity contribution in [3.63, 3.8) is 0 Å². The van der Waals surface area contributed by atoms with Crippen LogP contribution in [-0.4, -0.2) is 37.1 Å². The zero-order chi connectivity index (χ0) is 14.4. The van der Waals surface area contributed by atoms with Gasteiger partial charge in [-0.3, -0.25) is 0 Å². The fourth-order valence-electron chi connectivity index (χ4n) is 1.85. The largest absolute Gasteiger partial charge is 0.491 e. The van der Waals surface area contributed by atoms with Crippen molar-refractivity contribution >= 4 is 0 Å². The summed E-state index contributed by atoms with van der Waals surface area (Å²) >= 11 is 0. The van der Waals surface area contributed by atoms with Gasteiger partial charge in [0, 0.05) is 25.3 Å². The number of halogens is 1. The molecule has 20 heavy (non-hydrogen) atoms. The third kappa shape index (κ3) is 5.45. The van der Waals surface area contributed by atoms with Crippen LogP contribution in [0.25, 0.3) is 0 Å². The maximum Gasteiger partial charge on any atom is 0.127 e. The van der Waals surface area contributed by atoms with Gasteiger partial charge in [0.15, 0.2) is 0 Å². The van der Waals surface area contributed by atoms with Gasteiger partial charge < -0.3 is 19.9 Å². The minimum absolute atomic E-state index is 0.0962. The predicted octanol–water partition coefficient (Wildman–Crippen LogP) is 1.85. The van der Waals surface area contributed by atoms with Crippen molar-refractivity contribution in [2.45, 2.75) is 38.5 Å². The molecule has 2 rings (SSSR count). The number of nitrogens with one attached hydrogen (secondary N) is 1. The lowest BCUT2D eigenvalue weighted by Crippen LogP contribution is -2.23. The monoisotopic (exact) mass is 283 g/mol. The highest BCUT2D eigenvalue weighted by atomic mass is 19.1. The molecule has 0 spiro atoms. The lowest BCUT2D eigenvalue weighted by molar-refractivity contribution is 0.0164. The van der Waals surface area contributed by atoms with Crippen molar-refractivity contribution in [1.29, 1.82) is 0 Å². The zero-order valence-corrected chi connectivity index (χ0v) is 11.8. The van der Waals surface area contributed by atoms with Crippen molar-refractivity contribution in [1.82, 2.24) is 5.32 Å². The highest BCUT2D eigenvalue weighted by molar-refractivity contribution is 5.29. The quantitative estimate of drug-likeness (QED) is 0.726. The molecular formula is C15H22FNO3. The molecule has 1 aliphatic rings. The lowest BCUT2D eigenvalue weighted by atomic mass is 10.2. The number of ether oxygens (including phenoxy) is 2. The Morgan fingerprint density at radius 3 is 2.85 bits per heavy atom. The van der Waals surface area contributed by atoms with Crippen LogP contribution in [0.15, 0.2) is 18.2 Å². The summed E-state index contributed by atoms with van der Waals surface area (Å²) in [6.07, 6.45) is 1.69. The summed E-state index contributed by atoms with van der Waals surface area (Å²) in [6, 6.07) is 5.20. The van der Waals surface area contributed by atoms with E-state index in [9.17, 15) is 9.50 Å². The predicted molar refractivity (Wildman–Crippen MR) is 74.3 cm³/mol. The Bertz CT molecular complexity index is 424. The van der Waals surface area contributed by atoms with Crippen molar-refractivity contribution in [2.24, 2.45) is 0 Å². The van der Waals surface area contributed by atoms with E-state index < -0.39 is 6.10 Å². The second-order valence-electron chi connectivity index (χ2n) is 5.07. The molecule has 5 heteroatoms. The molecule has 0 aromatic heterocycles. The Morgan fingerprint density at radius 2 is 2.15 bits per heavy atom. The van der Waals surface area contributed by atoms with Gasteiger partial charge in [-0.05, 0) is 37.5 Å². The Balaban J connectivity index is 1.82. The van der Waals surface area contributed by atoms with Gasteiger partial charge >= 0.3 is 0 Å². The maximum absolute atomic E-state index is 13.5. The first kappa shape index (κ1) is 15.2. The normalized spacial score (nSPS) is 16.1.